The second-order valence-electron chi connectivity index (χ2n) is 4.27. The van der Waals surface area contributed by atoms with Gasteiger partial charge in [-0.3, -0.25) is 0 Å². The summed E-state index contributed by atoms with van der Waals surface area (Å²) in [5, 5.41) is 1.10. The molecular weight excluding hydrogens is 289 g/mol. The second kappa shape index (κ2) is 3.18. The normalized spacial score (nSPS) is 12.3. The molecule has 2 heterocycles. The lowest BCUT2D eigenvalue weighted by Gasteiger charge is -2.21. The van der Waals surface area contributed by atoms with Crippen LogP contribution in [-0.4, -0.2) is 14.5 Å². The average Bonchev–Trinajstić information content (AvgIpc) is 2.45. The molecule has 0 saturated heterocycles. The van der Waals surface area contributed by atoms with Gasteiger partial charge >= 0.3 is 0 Å². The van der Waals surface area contributed by atoms with Crippen molar-refractivity contribution in [1.82, 2.24) is 14.5 Å². The molecule has 4 heteroatoms. The van der Waals surface area contributed by atoms with Gasteiger partial charge in [-0.15, -0.1) is 0 Å². The molecule has 0 amide bonds. The van der Waals surface area contributed by atoms with Crippen LogP contribution in [0.15, 0.2) is 18.5 Å². The maximum absolute atomic E-state index is 4.44. The molecular formula is C10H12IN3. The molecule has 0 atom stereocenters. The van der Waals surface area contributed by atoms with Crippen molar-refractivity contribution < 1.29 is 0 Å². The van der Waals surface area contributed by atoms with Crippen LogP contribution in [0.3, 0.4) is 0 Å². The molecule has 3 nitrogen and oxygen atoms in total. The zero-order valence-corrected chi connectivity index (χ0v) is 10.6. The highest BCUT2D eigenvalue weighted by atomic mass is 127. The molecule has 2 rings (SSSR count). The molecule has 0 N–H and O–H groups in total. The minimum atomic E-state index is 0.0686. The number of rotatable bonds is 0. The molecule has 14 heavy (non-hydrogen) atoms. The van der Waals surface area contributed by atoms with E-state index in [2.05, 4.69) is 70.2 Å². The first-order chi connectivity index (χ1) is 6.48. The summed E-state index contributed by atoms with van der Waals surface area (Å²) in [6, 6.07) is 2.05. The molecule has 74 valence electrons. The number of hydrogen-bond acceptors (Lipinski definition) is 2. The van der Waals surface area contributed by atoms with Crippen LogP contribution in [-0.2, 0) is 5.54 Å². The number of halogens is 1. The fourth-order valence-corrected chi connectivity index (χ4v) is 1.81. The Bertz CT molecular complexity index is 468. The van der Waals surface area contributed by atoms with Gasteiger partial charge in [0.05, 0.1) is 0 Å². The van der Waals surface area contributed by atoms with E-state index in [1.165, 1.54) is 0 Å². The first-order valence-corrected chi connectivity index (χ1v) is 5.56. The monoisotopic (exact) mass is 301 g/mol. The van der Waals surface area contributed by atoms with Gasteiger partial charge in [0, 0.05) is 45.9 Å². The Morgan fingerprint density at radius 2 is 2.07 bits per heavy atom. The predicted octanol–water partition coefficient (Wildman–Crippen LogP) is 2.79. The predicted molar refractivity (Wildman–Crippen MR) is 65.2 cm³/mol. The first kappa shape index (κ1) is 9.89. The van der Waals surface area contributed by atoms with Gasteiger partial charge in [0.2, 0.25) is 0 Å². The summed E-state index contributed by atoms with van der Waals surface area (Å²) in [7, 11) is 0. The van der Waals surface area contributed by atoms with Crippen LogP contribution in [0.1, 0.15) is 20.8 Å². The van der Waals surface area contributed by atoms with E-state index < -0.39 is 0 Å². The summed E-state index contributed by atoms with van der Waals surface area (Å²) in [6.07, 6.45) is 3.93. The fraction of sp³-hybridized carbons (Fsp3) is 0.400. The van der Waals surface area contributed by atoms with Crippen LogP contribution in [0.4, 0.5) is 0 Å². The lowest BCUT2D eigenvalue weighted by atomic mass is 10.1. The van der Waals surface area contributed by atoms with Crippen molar-refractivity contribution >= 4 is 33.6 Å². The van der Waals surface area contributed by atoms with E-state index >= 15 is 0 Å². The highest BCUT2D eigenvalue weighted by Crippen LogP contribution is 2.21. The number of aromatic nitrogens is 3. The van der Waals surface area contributed by atoms with Crippen LogP contribution in [0, 0.1) is 3.83 Å². The van der Waals surface area contributed by atoms with E-state index in [4.69, 9.17) is 0 Å². The molecule has 0 unspecified atom stereocenters. The lowest BCUT2D eigenvalue weighted by molar-refractivity contribution is 0.408. The Balaban J connectivity index is 2.73. The SMILES string of the molecule is CC(C)(C)n1ccc2cnc(I)nc21. The molecule has 0 radical (unpaired) electrons. The molecule has 0 aliphatic heterocycles. The van der Waals surface area contributed by atoms with Gasteiger partial charge in [-0.25, -0.2) is 9.97 Å². The molecule has 0 spiro atoms. The van der Waals surface area contributed by atoms with Crippen molar-refractivity contribution in [3.05, 3.63) is 22.3 Å². The van der Waals surface area contributed by atoms with E-state index in [1.807, 2.05) is 6.20 Å². The average molecular weight is 301 g/mol. The third-order valence-electron chi connectivity index (χ3n) is 2.12. The van der Waals surface area contributed by atoms with Gasteiger partial charge in [0.1, 0.15) is 5.65 Å². The molecule has 2 aromatic heterocycles. The van der Waals surface area contributed by atoms with E-state index in [1.54, 1.807) is 0 Å². The van der Waals surface area contributed by atoms with Gasteiger partial charge in [-0.2, -0.15) is 0 Å². The van der Waals surface area contributed by atoms with E-state index in [0.29, 0.717) is 0 Å². The smallest absolute Gasteiger partial charge is 0.192 e. The molecule has 0 saturated carbocycles. The quantitative estimate of drug-likeness (QED) is 0.553. The molecule has 0 fully saturated rings. The van der Waals surface area contributed by atoms with Crippen molar-refractivity contribution in [3.8, 4) is 0 Å². The largest absolute Gasteiger partial charge is 0.327 e. The highest BCUT2D eigenvalue weighted by molar-refractivity contribution is 14.1. The van der Waals surface area contributed by atoms with Crippen LogP contribution in [0.5, 0.6) is 0 Å². The third-order valence-corrected chi connectivity index (χ3v) is 2.64. The third kappa shape index (κ3) is 1.63. The van der Waals surface area contributed by atoms with Crippen molar-refractivity contribution in [2.24, 2.45) is 0 Å². The van der Waals surface area contributed by atoms with Crippen LogP contribution in [0.25, 0.3) is 11.0 Å². The molecule has 0 aliphatic carbocycles. The van der Waals surface area contributed by atoms with Crippen LogP contribution in [0.2, 0.25) is 0 Å². The Kier molecular flexibility index (Phi) is 2.25. The summed E-state index contributed by atoms with van der Waals surface area (Å²) in [5.41, 5.74) is 1.08. The van der Waals surface area contributed by atoms with E-state index in [9.17, 15) is 0 Å². The Labute approximate surface area is 96.7 Å². The summed E-state index contributed by atoms with van der Waals surface area (Å²) in [5.74, 6) is 0. The zero-order valence-electron chi connectivity index (χ0n) is 8.45. The van der Waals surface area contributed by atoms with E-state index in [-0.39, 0.29) is 5.54 Å². The molecule has 2 aromatic rings. The van der Waals surface area contributed by atoms with Crippen LogP contribution >= 0.6 is 22.6 Å². The lowest BCUT2D eigenvalue weighted by Crippen LogP contribution is -2.21. The van der Waals surface area contributed by atoms with Crippen molar-refractivity contribution in [2.45, 2.75) is 26.3 Å². The summed E-state index contributed by atoms with van der Waals surface area (Å²) >= 11 is 2.13. The number of nitrogens with zero attached hydrogens (tertiary/aromatic N) is 3. The maximum atomic E-state index is 4.44. The highest BCUT2D eigenvalue weighted by Gasteiger charge is 2.15. The van der Waals surface area contributed by atoms with Crippen molar-refractivity contribution in [1.29, 1.82) is 0 Å². The Morgan fingerprint density at radius 3 is 2.71 bits per heavy atom. The number of hydrogen-bond donors (Lipinski definition) is 0. The first-order valence-electron chi connectivity index (χ1n) is 4.48. The van der Waals surface area contributed by atoms with Gasteiger partial charge in [-0.1, -0.05) is 0 Å². The van der Waals surface area contributed by atoms with E-state index in [0.717, 1.165) is 14.9 Å². The fourth-order valence-electron chi connectivity index (χ4n) is 1.44. The topological polar surface area (TPSA) is 30.7 Å². The van der Waals surface area contributed by atoms with Crippen LogP contribution < -0.4 is 0 Å². The van der Waals surface area contributed by atoms with Crippen molar-refractivity contribution in [2.75, 3.05) is 0 Å². The molecule has 0 bridgehead atoms. The second-order valence-corrected chi connectivity index (χ2v) is 5.24. The standard InChI is InChI=1S/C10H12IN3/c1-10(2,3)14-5-4-7-6-12-9(11)13-8(7)14/h4-6H,1-3H3. The molecule has 0 aliphatic rings. The summed E-state index contributed by atoms with van der Waals surface area (Å²) in [6.45, 7) is 6.50. The molecule has 0 aromatic carbocycles. The minimum absolute atomic E-state index is 0.0686. The number of fused-ring (bicyclic) bond motifs is 1. The Morgan fingerprint density at radius 1 is 1.36 bits per heavy atom. The van der Waals surface area contributed by atoms with Crippen molar-refractivity contribution in [3.63, 3.8) is 0 Å². The Hall–Kier alpha value is -0.650. The minimum Gasteiger partial charge on any atom is -0.327 e. The van der Waals surface area contributed by atoms with Gasteiger partial charge in [-0.05, 0) is 26.8 Å². The maximum Gasteiger partial charge on any atom is 0.192 e. The van der Waals surface area contributed by atoms with Gasteiger partial charge in [0.15, 0.2) is 3.83 Å². The zero-order chi connectivity index (χ0) is 10.3. The summed E-state index contributed by atoms with van der Waals surface area (Å²) in [4.78, 5) is 8.61. The van der Waals surface area contributed by atoms with Gasteiger partial charge < -0.3 is 4.57 Å². The van der Waals surface area contributed by atoms with Gasteiger partial charge in [0.25, 0.3) is 0 Å². The summed E-state index contributed by atoms with van der Waals surface area (Å²) < 4.78 is 2.96.